The Morgan fingerprint density at radius 2 is 1.77 bits per heavy atom. The van der Waals surface area contributed by atoms with E-state index in [2.05, 4.69) is 39.0 Å². The lowest BCUT2D eigenvalue weighted by Crippen LogP contribution is -1.98. The van der Waals surface area contributed by atoms with Crippen molar-refractivity contribution in [3.05, 3.63) is 79.9 Å². The maximum Gasteiger partial charge on any atom is 0.336 e. The molecule has 1 heterocycles. The van der Waals surface area contributed by atoms with Gasteiger partial charge in [0.25, 0.3) is 0 Å². The number of hydrogen-bond acceptors (Lipinski definition) is 2. The molecule has 0 unspecified atom stereocenters. The molecule has 0 atom stereocenters. The van der Waals surface area contributed by atoms with Gasteiger partial charge in [-0.25, -0.2) is 4.79 Å². The number of allylic oxidation sites excluding steroid dienone is 2. The molecule has 0 saturated heterocycles. The second-order valence-electron chi connectivity index (χ2n) is 5.80. The first kappa shape index (κ1) is 16.0. The molecule has 2 aromatic rings. The van der Waals surface area contributed by atoms with Gasteiger partial charge in [-0.1, -0.05) is 24.3 Å². The Morgan fingerprint density at radius 1 is 1.05 bits per heavy atom. The first-order valence-corrected chi connectivity index (χ1v) is 7.42. The van der Waals surface area contributed by atoms with E-state index in [9.17, 15) is 4.79 Å². The van der Waals surface area contributed by atoms with Crippen molar-refractivity contribution < 1.29 is 4.42 Å². The van der Waals surface area contributed by atoms with Crippen LogP contribution in [0.3, 0.4) is 0 Å². The van der Waals surface area contributed by atoms with Gasteiger partial charge in [0, 0.05) is 6.07 Å². The Balaban J connectivity index is 2.28. The van der Waals surface area contributed by atoms with Gasteiger partial charge in [0.2, 0.25) is 0 Å². The molecule has 0 radical (unpaired) electrons. The molecule has 1 aromatic heterocycles. The molecule has 114 valence electrons. The zero-order valence-electron chi connectivity index (χ0n) is 13.9. The highest BCUT2D eigenvalue weighted by Gasteiger charge is 2.01. The van der Waals surface area contributed by atoms with Crippen LogP contribution in [0.25, 0.3) is 12.2 Å². The van der Waals surface area contributed by atoms with E-state index in [-0.39, 0.29) is 5.63 Å². The van der Waals surface area contributed by atoms with Crippen molar-refractivity contribution in [3.63, 3.8) is 0 Å². The van der Waals surface area contributed by atoms with Crippen molar-refractivity contribution in [2.75, 3.05) is 0 Å². The third kappa shape index (κ3) is 3.85. The fraction of sp³-hybridized carbons (Fsp3) is 0.250. The fourth-order valence-corrected chi connectivity index (χ4v) is 2.35. The second-order valence-corrected chi connectivity index (χ2v) is 5.80. The van der Waals surface area contributed by atoms with Crippen LogP contribution in [0.5, 0.6) is 0 Å². The number of rotatable bonds is 3. The van der Waals surface area contributed by atoms with E-state index < -0.39 is 0 Å². The van der Waals surface area contributed by atoms with Gasteiger partial charge in [-0.05, 0) is 80.2 Å². The van der Waals surface area contributed by atoms with E-state index in [1.807, 2.05) is 32.1 Å². The summed E-state index contributed by atoms with van der Waals surface area (Å²) in [4.78, 5) is 11.4. The lowest BCUT2D eigenvalue weighted by atomic mass is 9.98. The Labute approximate surface area is 131 Å². The topological polar surface area (TPSA) is 30.2 Å². The van der Waals surface area contributed by atoms with E-state index in [1.54, 1.807) is 0 Å². The molecule has 0 saturated carbocycles. The molecular formula is C20H22O2. The van der Waals surface area contributed by atoms with Crippen LogP contribution in [0, 0.1) is 27.7 Å². The summed E-state index contributed by atoms with van der Waals surface area (Å²) in [7, 11) is 0. The monoisotopic (exact) mass is 294 g/mol. The third-order valence-corrected chi connectivity index (χ3v) is 3.93. The molecule has 0 spiro atoms. The minimum Gasteiger partial charge on any atom is -0.423 e. The smallest absolute Gasteiger partial charge is 0.336 e. The van der Waals surface area contributed by atoms with Crippen molar-refractivity contribution in [2.24, 2.45) is 0 Å². The maximum atomic E-state index is 11.4. The Hall–Kier alpha value is -2.35. The van der Waals surface area contributed by atoms with Crippen LogP contribution in [0.4, 0.5) is 0 Å². The summed E-state index contributed by atoms with van der Waals surface area (Å²) < 4.78 is 5.17. The normalized spacial score (nSPS) is 12.1. The Kier molecular flexibility index (Phi) is 4.81. The summed E-state index contributed by atoms with van der Waals surface area (Å²) >= 11 is 0. The third-order valence-electron chi connectivity index (χ3n) is 3.93. The van der Waals surface area contributed by atoms with Gasteiger partial charge in [0.15, 0.2) is 0 Å². The van der Waals surface area contributed by atoms with E-state index >= 15 is 0 Å². The van der Waals surface area contributed by atoms with Gasteiger partial charge in [0.1, 0.15) is 5.76 Å². The molecule has 22 heavy (non-hydrogen) atoms. The molecule has 2 rings (SSSR count). The highest BCUT2D eigenvalue weighted by atomic mass is 16.4. The van der Waals surface area contributed by atoms with Gasteiger partial charge in [-0.2, -0.15) is 0 Å². The molecule has 0 aliphatic heterocycles. The van der Waals surface area contributed by atoms with Gasteiger partial charge < -0.3 is 4.42 Å². The Bertz CT molecular complexity index is 805. The average Bonchev–Trinajstić information content (AvgIpc) is 2.43. The molecule has 0 aliphatic rings. The average molecular weight is 294 g/mol. The summed E-state index contributed by atoms with van der Waals surface area (Å²) in [5.41, 5.74) is 6.77. The van der Waals surface area contributed by atoms with E-state index in [4.69, 9.17) is 4.42 Å². The molecule has 2 heteroatoms. The summed E-state index contributed by atoms with van der Waals surface area (Å²) in [6.07, 6.45) is 6.02. The molecule has 1 aromatic carbocycles. The quantitative estimate of drug-likeness (QED) is 0.746. The highest BCUT2D eigenvalue weighted by molar-refractivity contribution is 5.62. The number of benzene rings is 1. The summed E-state index contributed by atoms with van der Waals surface area (Å²) in [6, 6.07) is 7.62. The number of aryl methyl sites for hydroxylation is 2. The van der Waals surface area contributed by atoms with E-state index in [0.29, 0.717) is 5.76 Å². The summed E-state index contributed by atoms with van der Waals surface area (Å²) in [5, 5.41) is 0. The summed E-state index contributed by atoms with van der Waals surface area (Å²) in [6.45, 7) is 10.3. The molecule has 0 N–H and O–H groups in total. The zero-order valence-corrected chi connectivity index (χ0v) is 13.9. The second kappa shape index (κ2) is 6.61. The SMILES string of the molecule is CC(/C=C\c1ccc(C)c(C)c1C)=C/c1cc(C)cc(=O)o1. The lowest BCUT2D eigenvalue weighted by Gasteiger charge is -2.07. The standard InChI is InChI=1S/C20H22O2/c1-13(10-19-11-14(2)12-20(21)22-19)6-8-18-9-7-15(3)16(4)17(18)5/h6-12H,1-5H3/b8-6-,13-10-. The lowest BCUT2D eigenvalue weighted by molar-refractivity contribution is 0.499. The van der Waals surface area contributed by atoms with Crippen molar-refractivity contribution in [3.8, 4) is 0 Å². The van der Waals surface area contributed by atoms with Gasteiger partial charge in [-0.15, -0.1) is 0 Å². The van der Waals surface area contributed by atoms with Crippen molar-refractivity contribution in [2.45, 2.75) is 34.6 Å². The minimum atomic E-state index is -0.312. The molecule has 2 nitrogen and oxygen atoms in total. The largest absolute Gasteiger partial charge is 0.423 e. The first-order chi connectivity index (χ1) is 10.4. The van der Waals surface area contributed by atoms with E-state index in [1.165, 1.54) is 28.3 Å². The van der Waals surface area contributed by atoms with Crippen LogP contribution in [-0.4, -0.2) is 0 Å². The van der Waals surface area contributed by atoms with Crippen LogP contribution in [0.1, 0.15) is 40.5 Å². The van der Waals surface area contributed by atoms with Crippen LogP contribution in [0.15, 0.2) is 45.1 Å². The maximum absolute atomic E-state index is 11.4. The van der Waals surface area contributed by atoms with E-state index in [0.717, 1.165) is 11.1 Å². The minimum absolute atomic E-state index is 0.312. The molecular weight excluding hydrogens is 272 g/mol. The van der Waals surface area contributed by atoms with Crippen molar-refractivity contribution in [1.29, 1.82) is 0 Å². The summed E-state index contributed by atoms with van der Waals surface area (Å²) in [5.74, 6) is 0.587. The molecule has 0 amide bonds. The Morgan fingerprint density at radius 3 is 2.45 bits per heavy atom. The van der Waals surface area contributed by atoms with Crippen LogP contribution < -0.4 is 5.63 Å². The van der Waals surface area contributed by atoms with Gasteiger partial charge >= 0.3 is 5.63 Å². The van der Waals surface area contributed by atoms with Crippen molar-refractivity contribution >= 4 is 12.2 Å². The van der Waals surface area contributed by atoms with Crippen LogP contribution in [-0.2, 0) is 0 Å². The van der Waals surface area contributed by atoms with Gasteiger partial charge in [0.05, 0.1) is 0 Å². The van der Waals surface area contributed by atoms with Crippen LogP contribution in [0.2, 0.25) is 0 Å². The predicted octanol–water partition coefficient (Wildman–Crippen LogP) is 4.99. The van der Waals surface area contributed by atoms with Gasteiger partial charge in [-0.3, -0.25) is 0 Å². The molecule has 0 fully saturated rings. The first-order valence-electron chi connectivity index (χ1n) is 7.42. The highest BCUT2D eigenvalue weighted by Crippen LogP contribution is 2.19. The molecule has 0 aliphatic carbocycles. The van der Waals surface area contributed by atoms with Crippen molar-refractivity contribution in [1.82, 2.24) is 0 Å². The van der Waals surface area contributed by atoms with Crippen LogP contribution >= 0.6 is 0 Å². The zero-order chi connectivity index (χ0) is 16.3. The fourth-order valence-electron chi connectivity index (χ4n) is 2.35. The number of hydrogen-bond donors (Lipinski definition) is 0. The molecule has 0 bridgehead atoms. The predicted molar refractivity (Wildman–Crippen MR) is 93.1 cm³/mol.